The Bertz CT molecular complexity index is 134. The van der Waals surface area contributed by atoms with Crippen molar-refractivity contribution >= 4 is 0 Å². The second-order valence-electron chi connectivity index (χ2n) is 5.14. The number of hydrogen-bond donors (Lipinski definition) is 2. The van der Waals surface area contributed by atoms with Crippen LogP contribution in [0.4, 0.5) is 0 Å². The van der Waals surface area contributed by atoms with Crippen LogP contribution in [-0.2, 0) is 0 Å². The second kappa shape index (κ2) is 7.24. The molecule has 0 aromatic rings. The van der Waals surface area contributed by atoms with Gasteiger partial charge in [0.05, 0.1) is 0 Å². The second-order valence-corrected chi connectivity index (χ2v) is 5.14. The van der Waals surface area contributed by atoms with Gasteiger partial charge < -0.3 is 10.4 Å². The highest BCUT2D eigenvalue weighted by Gasteiger charge is 2.15. The molecule has 0 aliphatic rings. The fourth-order valence-corrected chi connectivity index (χ4v) is 1.26. The van der Waals surface area contributed by atoms with E-state index < -0.39 is 0 Å². The monoisotopic (exact) mass is 201 g/mol. The largest absolute Gasteiger partial charge is 0.396 e. The van der Waals surface area contributed by atoms with Crippen molar-refractivity contribution in [2.75, 3.05) is 19.7 Å². The van der Waals surface area contributed by atoms with E-state index in [4.69, 9.17) is 5.11 Å². The van der Waals surface area contributed by atoms with Crippen LogP contribution in [0.1, 0.15) is 47.0 Å². The quantitative estimate of drug-likeness (QED) is 0.591. The summed E-state index contributed by atoms with van der Waals surface area (Å²) in [5.41, 5.74) is 0.0953. The molecule has 0 heterocycles. The van der Waals surface area contributed by atoms with Gasteiger partial charge in [-0.05, 0) is 37.3 Å². The molecule has 1 unspecified atom stereocenters. The summed E-state index contributed by atoms with van der Waals surface area (Å²) in [6.07, 6.45) is 3.50. The van der Waals surface area contributed by atoms with E-state index in [2.05, 4.69) is 33.0 Å². The van der Waals surface area contributed by atoms with E-state index in [1.54, 1.807) is 0 Å². The molecule has 0 rings (SSSR count). The van der Waals surface area contributed by atoms with E-state index in [1.165, 1.54) is 6.42 Å². The first-order valence-corrected chi connectivity index (χ1v) is 5.83. The molecule has 0 radical (unpaired) electrons. The molecule has 0 aromatic heterocycles. The summed E-state index contributed by atoms with van der Waals surface area (Å²) < 4.78 is 0. The van der Waals surface area contributed by atoms with Gasteiger partial charge in [-0.1, -0.05) is 34.1 Å². The van der Waals surface area contributed by atoms with Gasteiger partial charge in [0.2, 0.25) is 0 Å². The summed E-state index contributed by atoms with van der Waals surface area (Å²) >= 11 is 0. The highest BCUT2D eigenvalue weighted by atomic mass is 16.3. The predicted octanol–water partition coefficient (Wildman–Crippen LogP) is 2.42. The molecular formula is C12H27NO. The highest BCUT2D eigenvalue weighted by Crippen LogP contribution is 2.20. The number of aliphatic hydroxyl groups is 1. The summed E-state index contributed by atoms with van der Waals surface area (Å²) in [5, 5.41) is 12.5. The minimum absolute atomic E-state index is 0.0953. The lowest BCUT2D eigenvalue weighted by Gasteiger charge is -2.21. The van der Waals surface area contributed by atoms with Gasteiger partial charge >= 0.3 is 0 Å². The number of hydrogen-bond acceptors (Lipinski definition) is 2. The van der Waals surface area contributed by atoms with Gasteiger partial charge in [-0.3, -0.25) is 0 Å². The lowest BCUT2D eigenvalue weighted by molar-refractivity contribution is 0.148. The summed E-state index contributed by atoms with van der Waals surface area (Å²) in [7, 11) is 0. The van der Waals surface area contributed by atoms with Crippen LogP contribution >= 0.6 is 0 Å². The van der Waals surface area contributed by atoms with E-state index in [-0.39, 0.29) is 5.41 Å². The molecule has 2 heteroatoms. The Hall–Kier alpha value is -0.0800. The topological polar surface area (TPSA) is 32.3 Å². The molecule has 0 spiro atoms. The van der Waals surface area contributed by atoms with E-state index in [0.29, 0.717) is 6.61 Å². The molecule has 0 saturated carbocycles. The third-order valence-corrected chi connectivity index (χ3v) is 2.82. The molecule has 14 heavy (non-hydrogen) atoms. The number of rotatable bonds is 8. The van der Waals surface area contributed by atoms with Gasteiger partial charge in [-0.2, -0.15) is 0 Å². The molecule has 2 nitrogen and oxygen atoms in total. The van der Waals surface area contributed by atoms with Gasteiger partial charge in [-0.25, -0.2) is 0 Å². The minimum atomic E-state index is 0.0953. The lowest BCUT2D eigenvalue weighted by atomic mass is 9.89. The summed E-state index contributed by atoms with van der Waals surface area (Å²) in [6, 6.07) is 0. The molecule has 0 amide bonds. The SMILES string of the molecule is CCC(C)CNCCCC(C)(C)CO. The Labute approximate surface area is 89.1 Å². The van der Waals surface area contributed by atoms with Crippen molar-refractivity contribution in [3.05, 3.63) is 0 Å². The standard InChI is InChI=1S/C12H27NO/c1-5-11(2)9-13-8-6-7-12(3,4)10-14/h11,13-14H,5-10H2,1-4H3. The average Bonchev–Trinajstić information content (AvgIpc) is 2.17. The molecule has 0 saturated heterocycles. The van der Waals surface area contributed by atoms with Crippen molar-refractivity contribution in [1.82, 2.24) is 5.32 Å². The zero-order valence-electron chi connectivity index (χ0n) is 10.3. The molecule has 2 N–H and O–H groups in total. The van der Waals surface area contributed by atoms with Crippen molar-refractivity contribution in [3.63, 3.8) is 0 Å². The summed E-state index contributed by atoms with van der Waals surface area (Å²) in [6.45, 7) is 11.2. The lowest BCUT2D eigenvalue weighted by Crippen LogP contribution is -2.24. The van der Waals surface area contributed by atoms with E-state index in [0.717, 1.165) is 31.8 Å². The zero-order chi connectivity index (χ0) is 11.0. The van der Waals surface area contributed by atoms with Crippen LogP contribution in [0, 0.1) is 11.3 Å². The summed E-state index contributed by atoms with van der Waals surface area (Å²) in [5.74, 6) is 0.779. The van der Waals surface area contributed by atoms with Gasteiger partial charge in [-0.15, -0.1) is 0 Å². The van der Waals surface area contributed by atoms with Gasteiger partial charge in [0, 0.05) is 6.61 Å². The molecule has 1 atom stereocenters. The van der Waals surface area contributed by atoms with Crippen LogP contribution < -0.4 is 5.32 Å². The zero-order valence-corrected chi connectivity index (χ0v) is 10.3. The van der Waals surface area contributed by atoms with Gasteiger partial charge in [0.25, 0.3) is 0 Å². The molecule has 0 bridgehead atoms. The van der Waals surface area contributed by atoms with Gasteiger partial charge in [0.15, 0.2) is 0 Å². The first-order chi connectivity index (χ1) is 6.52. The Balaban J connectivity index is 3.30. The Morgan fingerprint density at radius 3 is 2.50 bits per heavy atom. The highest BCUT2D eigenvalue weighted by molar-refractivity contribution is 4.67. The van der Waals surface area contributed by atoms with Crippen LogP contribution in [0.2, 0.25) is 0 Å². The molecular weight excluding hydrogens is 174 g/mol. The molecule has 0 aliphatic carbocycles. The van der Waals surface area contributed by atoms with Gasteiger partial charge in [0.1, 0.15) is 0 Å². The Morgan fingerprint density at radius 1 is 1.36 bits per heavy atom. The minimum Gasteiger partial charge on any atom is -0.396 e. The third-order valence-electron chi connectivity index (χ3n) is 2.82. The first-order valence-electron chi connectivity index (χ1n) is 5.83. The van der Waals surface area contributed by atoms with Crippen LogP contribution in [0.15, 0.2) is 0 Å². The Kier molecular flexibility index (Phi) is 7.20. The van der Waals surface area contributed by atoms with Crippen molar-refractivity contribution in [3.8, 4) is 0 Å². The number of nitrogens with one attached hydrogen (secondary N) is 1. The molecule has 86 valence electrons. The van der Waals surface area contributed by atoms with Crippen LogP contribution in [0.5, 0.6) is 0 Å². The fraction of sp³-hybridized carbons (Fsp3) is 1.00. The van der Waals surface area contributed by atoms with Crippen molar-refractivity contribution < 1.29 is 5.11 Å². The van der Waals surface area contributed by atoms with E-state index >= 15 is 0 Å². The number of aliphatic hydroxyl groups excluding tert-OH is 1. The van der Waals surface area contributed by atoms with Crippen molar-refractivity contribution in [2.24, 2.45) is 11.3 Å². The third kappa shape index (κ3) is 7.34. The summed E-state index contributed by atoms with van der Waals surface area (Å²) in [4.78, 5) is 0. The van der Waals surface area contributed by atoms with E-state index in [9.17, 15) is 0 Å². The molecule has 0 aromatic carbocycles. The van der Waals surface area contributed by atoms with Crippen LogP contribution in [0.25, 0.3) is 0 Å². The van der Waals surface area contributed by atoms with Crippen LogP contribution in [-0.4, -0.2) is 24.8 Å². The Morgan fingerprint density at radius 2 is 2.00 bits per heavy atom. The normalized spacial score (nSPS) is 14.4. The smallest absolute Gasteiger partial charge is 0.0482 e. The van der Waals surface area contributed by atoms with E-state index in [1.807, 2.05) is 0 Å². The first kappa shape index (κ1) is 13.9. The maximum Gasteiger partial charge on any atom is 0.0482 e. The van der Waals surface area contributed by atoms with Crippen molar-refractivity contribution in [1.29, 1.82) is 0 Å². The maximum atomic E-state index is 9.06. The average molecular weight is 201 g/mol. The maximum absolute atomic E-state index is 9.06. The molecule has 0 aliphatic heterocycles. The van der Waals surface area contributed by atoms with Crippen molar-refractivity contribution in [2.45, 2.75) is 47.0 Å². The molecule has 0 fully saturated rings. The van der Waals surface area contributed by atoms with Crippen LogP contribution in [0.3, 0.4) is 0 Å². The fourth-order valence-electron chi connectivity index (χ4n) is 1.26. The predicted molar refractivity (Wildman–Crippen MR) is 62.4 cm³/mol.